The fourth-order valence-corrected chi connectivity index (χ4v) is 4.81. The van der Waals surface area contributed by atoms with Crippen LogP contribution in [-0.4, -0.2) is 38.4 Å². The van der Waals surface area contributed by atoms with Gasteiger partial charge in [0.05, 0.1) is 6.20 Å². The van der Waals surface area contributed by atoms with Gasteiger partial charge in [-0.25, -0.2) is 4.98 Å². The number of carbonyl (C=O) groups excluding carboxylic acids is 1. The van der Waals surface area contributed by atoms with E-state index in [0.717, 1.165) is 23.2 Å². The SMILES string of the molecule is O=C(c1cnccn1)N1CC2CC(C1)c1c(C=Cc3ccc(Cl)cc3)ccc(=O)n1C2. The molecule has 2 aliphatic rings. The molecule has 0 aliphatic carbocycles. The van der Waals surface area contributed by atoms with Crippen LogP contribution in [0.3, 0.4) is 0 Å². The van der Waals surface area contributed by atoms with Gasteiger partial charge in [-0.15, -0.1) is 0 Å². The highest BCUT2D eigenvalue weighted by Crippen LogP contribution is 2.37. The molecule has 6 nitrogen and oxygen atoms in total. The number of carbonyl (C=O) groups is 1. The first-order valence-electron chi connectivity index (χ1n) is 10.3. The molecule has 2 aromatic heterocycles. The molecule has 31 heavy (non-hydrogen) atoms. The van der Waals surface area contributed by atoms with Gasteiger partial charge in [0.25, 0.3) is 11.5 Å². The van der Waals surface area contributed by atoms with E-state index in [1.165, 1.54) is 12.4 Å². The van der Waals surface area contributed by atoms with Crippen molar-refractivity contribution in [2.75, 3.05) is 13.1 Å². The van der Waals surface area contributed by atoms with Gasteiger partial charge in [0.2, 0.25) is 0 Å². The number of rotatable bonds is 3. The summed E-state index contributed by atoms with van der Waals surface area (Å²) >= 11 is 5.98. The van der Waals surface area contributed by atoms with Crippen LogP contribution in [0.2, 0.25) is 5.02 Å². The van der Waals surface area contributed by atoms with Crippen LogP contribution in [-0.2, 0) is 6.54 Å². The number of hydrogen-bond acceptors (Lipinski definition) is 4. The summed E-state index contributed by atoms with van der Waals surface area (Å²) in [4.78, 5) is 35.6. The number of benzene rings is 1. The molecule has 3 aromatic rings. The molecule has 1 fully saturated rings. The monoisotopic (exact) mass is 432 g/mol. The molecule has 0 radical (unpaired) electrons. The van der Waals surface area contributed by atoms with Gasteiger partial charge in [0.15, 0.2) is 0 Å². The molecule has 156 valence electrons. The third-order valence-corrected chi connectivity index (χ3v) is 6.27. The van der Waals surface area contributed by atoms with Crippen molar-refractivity contribution >= 4 is 29.7 Å². The Bertz CT molecular complexity index is 1200. The first-order chi connectivity index (χ1) is 15.1. The number of fused-ring (bicyclic) bond motifs is 4. The van der Waals surface area contributed by atoms with Gasteiger partial charge in [-0.3, -0.25) is 14.6 Å². The van der Waals surface area contributed by atoms with E-state index < -0.39 is 0 Å². The second kappa shape index (κ2) is 8.12. The molecule has 2 atom stereocenters. The standard InChI is InChI=1S/C24H21ClN4O2/c25-20-6-2-16(3-7-20)1-4-18-5-8-22(30)29-14-17-11-19(23(18)29)15-28(13-17)24(31)21-12-26-9-10-27-21/h1-10,12,17,19H,11,13-15H2. The summed E-state index contributed by atoms with van der Waals surface area (Å²) in [5.74, 6) is 0.250. The molecule has 2 unspecified atom stereocenters. The molecule has 1 aromatic carbocycles. The zero-order chi connectivity index (χ0) is 21.4. The lowest BCUT2D eigenvalue weighted by molar-refractivity contribution is 0.0588. The summed E-state index contributed by atoms with van der Waals surface area (Å²) in [6.45, 7) is 1.82. The van der Waals surface area contributed by atoms with E-state index in [9.17, 15) is 9.59 Å². The number of aromatic nitrogens is 3. The largest absolute Gasteiger partial charge is 0.336 e. The number of amides is 1. The highest BCUT2D eigenvalue weighted by atomic mass is 35.5. The van der Waals surface area contributed by atoms with Crippen molar-refractivity contribution in [2.45, 2.75) is 18.9 Å². The Morgan fingerprint density at radius 3 is 2.65 bits per heavy atom. The Morgan fingerprint density at radius 1 is 1.03 bits per heavy atom. The zero-order valence-corrected chi connectivity index (χ0v) is 17.6. The molecule has 1 amide bonds. The first kappa shape index (κ1) is 19.7. The second-order valence-corrected chi connectivity index (χ2v) is 8.54. The lowest BCUT2D eigenvalue weighted by Gasteiger charge is -2.43. The molecule has 0 N–H and O–H groups in total. The van der Waals surface area contributed by atoms with Gasteiger partial charge in [0, 0.05) is 54.7 Å². The van der Waals surface area contributed by atoms with Crippen LogP contribution in [0.25, 0.3) is 12.2 Å². The Morgan fingerprint density at radius 2 is 1.87 bits per heavy atom. The summed E-state index contributed by atoms with van der Waals surface area (Å²) < 4.78 is 1.89. The van der Waals surface area contributed by atoms with E-state index in [0.29, 0.717) is 30.4 Å². The predicted octanol–water partition coefficient (Wildman–Crippen LogP) is 3.72. The Kier molecular flexibility index (Phi) is 5.16. The van der Waals surface area contributed by atoms with Crippen molar-refractivity contribution in [3.8, 4) is 0 Å². The van der Waals surface area contributed by atoms with Crippen molar-refractivity contribution in [1.82, 2.24) is 19.4 Å². The Balaban J connectivity index is 1.47. The molecule has 7 heteroatoms. The van der Waals surface area contributed by atoms with E-state index in [1.807, 2.05) is 52.0 Å². The van der Waals surface area contributed by atoms with Crippen LogP contribution in [0.15, 0.2) is 59.8 Å². The van der Waals surface area contributed by atoms with Gasteiger partial charge in [-0.1, -0.05) is 35.9 Å². The molecule has 5 rings (SSSR count). The van der Waals surface area contributed by atoms with E-state index in [2.05, 4.69) is 9.97 Å². The maximum absolute atomic E-state index is 13.0. The Hall–Kier alpha value is -3.25. The highest BCUT2D eigenvalue weighted by Gasteiger charge is 2.37. The van der Waals surface area contributed by atoms with Crippen LogP contribution < -0.4 is 5.56 Å². The van der Waals surface area contributed by atoms with Crippen molar-refractivity contribution in [3.05, 3.63) is 92.9 Å². The Labute approximate surface area is 184 Å². The second-order valence-electron chi connectivity index (χ2n) is 8.11. The van der Waals surface area contributed by atoms with E-state index in [4.69, 9.17) is 11.6 Å². The van der Waals surface area contributed by atoms with Crippen molar-refractivity contribution in [2.24, 2.45) is 5.92 Å². The van der Waals surface area contributed by atoms with Crippen LogP contribution in [0.4, 0.5) is 0 Å². The molecule has 2 aliphatic heterocycles. The van der Waals surface area contributed by atoms with Crippen LogP contribution >= 0.6 is 11.6 Å². The van der Waals surface area contributed by atoms with E-state index in [-0.39, 0.29) is 23.3 Å². The molecule has 1 saturated heterocycles. The van der Waals surface area contributed by atoms with E-state index in [1.54, 1.807) is 12.3 Å². The third kappa shape index (κ3) is 3.91. The van der Waals surface area contributed by atoms with Crippen molar-refractivity contribution in [3.63, 3.8) is 0 Å². The number of pyridine rings is 1. The van der Waals surface area contributed by atoms with E-state index >= 15 is 0 Å². The van der Waals surface area contributed by atoms with Crippen molar-refractivity contribution < 1.29 is 4.79 Å². The lowest BCUT2D eigenvalue weighted by Crippen LogP contribution is -2.49. The number of piperidine rings is 1. The summed E-state index contributed by atoms with van der Waals surface area (Å²) in [5, 5.41) is 0.696. The highest BCUT2D eigenvalue weighted by molar-refractivity contribution is 6.30. The van der Waals surface area contributed by atoms with Gasteiger partial charge in [-0.2, -0.15) is 0 Å². The minimum atomic E-state index is -0.104. The molecular formula is C24H21ClN4O2. The molecule has 4 heterocycles. The topological polar surface area (TPSA) is 68.1 Å². The zero-order valence-electron chi connectivity index (χ0n) is 16.8. The van der Waals surface area contributed by atoms with Gasteiger partial charge < -0.3 is 9.47 Å². The molecule has 2 bridgehead atoms. The quantitative estimate of drug-likeness (QED) is 0.632. The number of nitrogens with zero attached hydrogens (tertiary/aromatic N) is 4. The van der Waals surface area contributed by atoms with Gasteiger partial charge in [-0.05, 0) is 41.7 Å². The molecular weight excluding hydrogens is 412 g/mol. The summed E-state index contributed by atoms with van der Waals surface area (Å²) in [7, 11) is 0. The maximum atomic E-state index is 13.0. The summed E-state index contributed by atoms with van der Waals surface area (Å²) in [6.07, 6.45) is 9.63. The summed E-state index contributed by atoms with van der Waals surface area (Å²) in [6, 6.07) is 11.1. The molecule has 0 saturated carbocycles. The van der Waals surface area contributed by atoms with Crippen molar-refractivity contribution in [1.29, 1.82) is 0 Å². The molecule has 0 spiro atoms. The van der Waals surface area contributed by atoms with Crippen LogP contribution in [0, 0.1) is 5.92 Å². The van der Waals surface area contributed by atoms with Gasteiger partial charge >= 0.3 is 0 Å². The predicted molar refractivity (Wildman–Crippen MR) is 120 cm³/mol. The van der Waals surface area contributed by atoms with Gasteiger partial charge in [0.1, 0.15) is 5.69 Å². The number of halogens is 1. The third-order valence-electron chi connectivity index (χ3n) is 6.02. The minimum Gasteiger partial charge on any atom is -0.336 e. The van der Waals surface area contributed by atoms with Crippen LogP contribution in [0.5, 0.6) is 0 Å². The number of likely N-dealkylation sites (tertiary alicyclic amines) is 1. The average molecular weight is 433 g/mol. The number of hydrogen-bond donors (Lipinski definition) is 0. The lowest BCUT2D eigenvalue weighted by atomic mass is 9.81. The fraction of sp³-hybridized carbons (Fsp3) is 0.250. The first-order valence-corrected chi connectivity index (χ1v) is 10.7. The average Bonchev–Trinajstić information content (AvgIpc) is 2.80. The fourth-order valence-electron chi connectivity index (χ4n) is 4.69. The smallest absolute Gasteiger partial charge is 0.274 e. The normalized spacial score (nSPS) is 20.0. The minimum absolute atomic E-state index is 0.0158. The summed E-state index contributed by atoms with van der Waals surface area (Å²) in [5.41, 5.74) is 3.42. The maximum Gasteiger partial charge on any atom is 0.274 e. The van der Waals surface area contributed by atoms with Crippen LogP contribution in [0.1, 0.15) is 39.6 Å².